The number of nitrogens with zero attached hydrogens (tertiary/aromatic N) is 3. The molecule has 0 fully saturated rings. The number of carboxylic acid groups (broad SMARTS) is 1. The topological polar surface area (TPSA) is 106 Å². The van der Waals surface area contributed by atoms with Crippen LogP contribution in [-0.4, -0.2) is 26.0 Å². The number of hydrogen-bond acceptors (Lipinski definition) is 5. The van der Waals surface area contributed by atoms with Gasteiger partial charge in [0, 0.05) is 12.3 Å². The first-order chi connectivity index (χ1) is 11.3. The SMILES string of the molecule is CC(C)c1nc(C=Cc2ccc(F)c([N+](=O)[O-])c2)ncc1C(=O)O. The van der Waals surface area contributed by atoms with E-state index in [0.29, 0.717) is 11.3 Å². The maximum Gasteiger partial charge on any atom is 0.339 e. The second-order valence-electron chi connectivity index (χ2n) is 5.29. The number of carboxylic acids is 1. The van der Waals surface area contributed by atoms with Crippen LogP contribution >= 0.6 is 0 Å². The van der Waals surface area contributed by atoms with Crippen LogP contribution in [0.2, 0.25) is 0 Å². The highest BCUT2D eigenvalue weighted by atomic mass is 19.1. The molecule has 1 N–H and O–H groups in total. The molecule has 0 aliphatic heterocycles. The molecule has 0 saturated heterocycles. The lowest BCUT2D eigenvalue weighted by atomic mass is 10.1. The molecule has 0 unspecified atom stereocenters. The molecule has 2 aromatic rings. The number of nitro groups is 1. The van der Waals surface area contributed by atoms with E-state index in [1.54, 1.807) is 0 Å². The van der Waals surface area contributed by atoms with E-state index in [2.05, 4.69) is 9.97 Å². The molecule has 0 bridgehead atoms. The van der Waals surface area contributed by atoms with Crippen molar-refractivity contribution >= 4 is 23.8 Å². The minimum atomic E-state index is -1.11. The van der Waals surface area contributed by atoms with Gasteiger partial charge in [0.15, 0.2) is 5.82 Å². The Morgan fingerprint density at radius 3 is 2.67 bits per heavy atom. The van der Waals surface area contributed by atoms with Crippen molar-refractivity contribution < 1.29 is 19.2 Å². The van der Waals surface area contributed by atoms with Crippen molar-refractivity contribution in [3.8, 4) is 0 Å². The predicted molar refractivity (Wildman–Crippen MR) is 85.1 cm³/mol. The average molecular weight is 331 g/mol. The van der Waals surface area contributed by atoms with Crippen molar-refractivity contribution in [1.29, 1.82) is 0 Å². The first-order valence-electron chi connectivity index (χ1n) is 7.02. The smallest absolute Gasteiger partial charge is 0.339 e. The Labute approximate surface area is 136 Å². The zero-order valence-corrected chi connectivity index (χ0v) is 12.9. The summed E-state index contributed by atoms with van der Waals surface area (Å²) < 4.78 is 13.3. The molecule has 0 amide bonds. The highest BCUT2D eigenvalue weighted by Gasteiger charge is 2.16. The van der Waals surface area contributed by atoms with E-state index < -0.39 is 22.4 Å². The van der Waals surface area contributed by atoms with E-state index in [1.807, 2.05) is 13.8 Å². The molecule has 7 nitrogen and oxygen atoms in total. The molecular formula is C16H14FN3O4. The van der Waals surface area contributed by atoms with E-state index in [4.69, 9.17) is 5.11 Å². The van der Waals surface area contributed by atoms with Gasteiger partial charge in [0.1, 0.15) is 0 Å². The summed E-state index contributed by atoms with van der Waals surface area (Å²) in [5.41, 5.74) is 0.198. The second-order valence-corrected chi connectivity index (χ2v) is 5.29. The normalized spacial score (nSPS) is 11.2. The lowest BCUT2D eigenvalue weighted by Gasteiger charge is -2.08. The minimum Gasteiger partial charge on any atom is -0.478 e. The Morgan fingerprint density at radius 1 is 1.38 bits per heavy atom. The third-order valence-corrected chi connectivity index (χ3v) is 3.21. The van der Waals surface area contributed by atoms with Gasteiger partial charge >= 0.3 is 11.7 Å². The first-order valence-corrected chi connectivity index (χ1v) is 7.02. The third kappa shape index (κ3) is 3.78. The molecule has 0 spiro atoms. The maximum atomic E-state index is 13.3. The number of halogens is 1. The lowest BCUT2D eigenvalue weighted by Crippen LogP contribution is -2.08. The van der Waals surface area contributed by atoms with Crippen molar-refractivity contribution in [2.75, 3.05) is 0 Å². The Hall–Kier alpha value is -3.16. The van der Waals surface area contributed by atoms with Gasteiger partial charge in [-0.05, 0) is 23.6 Å². The summed E-state index contributed by atoms with van der Waals surface area (Å²) in [5, 5.41) is 19.9. The number of carbonyl (C=O) groups is 1. The molecule has 24 heavy (non-hydrogen) atoms. The molecule has 0 atom stereocenters. The molecule has 1 aromatic heterocycles. The number of benzene rings is 1. The molecule has 2 rings (SSSR count). The predicted octanol–water partition coefficient (Wildman–Crippen LogP) is 3.52. The molecule has 0 aliphatic carbocycles. The summed E-state index contributed by atoms with van der Waals surface area (Å²) in [4.78, 5) is 29.2. The van der Waals surface area contributed by atoms with Crippen LogP contribution in [0.4, 0.5) is 10.1 Å². The molecule has 8 heteroatoms. The van der Waals surface area contributed by atoms with E-state index >= 15 is 0 Å². The van der Waals surface area contributed by atoms with Gasteiger partial charge < -0.3 is 5.11 Å². The molecule has 0 radical (unpaired) electrons. The third-order valence-electron chi connectivity index (χ3n) is 3.21. The fraction of sp³-hybridized carbons (Fsp3) is 0.188. The number of aromatic nitrogens is 2. The Bertz CT molecular complexity index is 834. The quantitative estimate of drug-likeness (QED) is 0.663. The standard InChI is InChI=1S/C16H14FN3O4/c1-9(2)15-11(16(21)22)8-18-14(19-15)6-4-10-3-5-12(17)13(7-10)20(23)24/h3-9H,1-2H3,(H,21,22). The van der Waals surface area contributed by atoms with Crippen LogP contribution in [0.25, 0.3) is 12.2 Å². The van der Waals surface area contributed by atoms with Gasteiger partial charge in [-0.3, -0.25) is 10.1 Å². The van der Waals surface area contributed by atoms with Crippen LogP contribution in [-0.2, 0) is 0 Å². The summed E-state index contributed by atoms with van der Waals surface area (Å²) >= 11 is 0. The van der Waals surface area contributed by atoms with Crippen molar-refractivity contribution in [3.63, 3.8) is 0 Å². The van der Waals surface area contributed by atoms with Gasteiger partial charge in [0.25, 0.3) is 0 Å². The zero-order valence-electron chi connectivity index (χ0n) is 12.9. The highest BCUT2D eigenvalue weighted by molar-refractivity contribution is 5.88. The molecular weight excluding hydrogens is 317 g/mol. The van der Waals surface area contributed by atoms with E-state index in [9.17, 15) is 19.3 Å². The van der Waals surface area contributed by atoms with Gasteiger partial charge in [-0.2, -0.15) is 4.39 Å². The van der Waals surface area contributed by atoms with Crippen LogP contribution in [0.3, 0.4) is 0 Å². The minimum absolute atomic E-state index is 0.0274. The van der Waals surface area contributed by atoms with E-state index in [0.717, 1.165) is 12.1 Å². The fourth-order valence-electron chi connectivity index (χ4n) is 2.04. The van der Waals surface area contributed by atoms with Gasteiger partial charge in [-0.15, -0.1) is 0 Å². The number of hydrogen-bond donors (Lipinski definition) is 1. The average Bonchev–Trinajstić information content (AvgIpc) is 2.53. The lowest BCUT2D eigenvalue weighted by molar-refractivity contribution is -0.387. The molecule has 1 heterocycles. The van der Waals surface area contributed by atoms with Crippen LogP contribution in [0.1, 0.15) is 47.2 Å². The molecule has 0 saturated carbocycles. The van der Waals surface area contributed by atoms with Crippen molar-refractivity contribution in [2.24, 2.45) is 0 Å². The Kier molecular flexibility index (Phi) is 4.98. The number of rotatable bonds is 5. The molecule has 124 valence electrons. The van der Waals surface area contributed by atoms with Crippen LogP contribution in [0.15, 0.2) is 24.4 Å². The van der Waals surface area contributed by atoms with Crippen molar-refractivity contribution in [2.45, 2.75) is 19.8 Å². The molecule has 1 aromatic carbocycles. The van der Waals surface area contributed by atoms with Crippen LogP contribution < -0.4 is 0 Å². The first kappa shape index (κ1) is 17.2. The Balaban J connectivity index is 2.36. The van der Waals surface area contributed by atoms with Gasteiger partial charge in [-0.1, -0.05) is 26.0 Å². The second kappa shape index (κ2) is 6.95. The van der Waals surface area contributed by atoms with Gasteiger partial charge in [0.2, 0.25) is 5.82 Å². The maximum absolute atomic E-state index is 13.3. The fourth-order valence-corrected chi connectivity index (χ4v) is 2.04. The monoisotopic (exact) mass is 331 g/mol. The van der Waals surface area contributed by atoms with Crippen LogP contribution in [0, 0.1) is 15.9 Å². The zero-order chi connectivity index (χ0) is 17.9. The van der Waals surface area contributed by atoms with Gasteiger partial charge in [0.05, 0.1) is 16.2 Å². The Morgan fingerprint density at radius 2 is 2.08 bits per heavy atom. The largest absolute Gasteiger partial charge is 0.478 e. The van der Waals surface area contributed by atoms with Crippen LogP contribution in [0.5, 0.6) is 0 Å². The summed E-state index contributed by atoms with van der Waals surface area (Å²) in [6.07, 6.45) is 4.19. The van der Waals surface area contributed by atoms with Crippen molar-refractivity contribution in [3.05, 3.63) is 63.0 Å². The summed E-state index contributed by atoms with van der Waals surface area (Å²) in [6, 6.07) is 3.49. The molecule has 0 aliphatic rings. The van der Waals surface area contributed by atoms with E-state index in [-0.39, 0.29) is 17.3 Å². The summed E-state index contributed by atoms with van der Waals surface area (Å²) in [5.74, 6) is -1.88. The number of aromatic carboxylic acids is 1. The number of nitro benzene ring substituents is 1. The van der Waals surface area contributed by atoms with Crippen molar-refractivity contribution in [1.82, 2.24) is 9.97 Å². The van der Waals surface area contributed by atoms with E-state index in [1.165, 1.54) is 24.4 Å². The summed E-state index contributed by atoms with van der Waals surface area (Å²) in [6.45, 7) is 3.62. The van der Waals surface area contributed by atoms with Gasteiger partial charge in [-0.25, -0.2) is 14.8 Å². The summed E-state index contributed by atoms with van der Waals surface area (Å²) in [7, 11) is 0. The highest BCUT2D eigenvalue weighted by Crippen LogP contribution is 2.20.